The van der Waals surface area contributed by atoms with Gasteiger partial charge >= 0.3 is 5.97 Å². The minimum atomic E-state index is -0.261. The van der Waals surface area contributed by atoms with Crippen LogP contribution >= 0.6 is 0 Å². The molecule has 0 aliphatic carbocycles. The molecule has 0 radical (unpaired) electrons. The van der Waals surface area contributed by atoms with Crippen molar-refractivity contribution in [3.05, 3.63) is 48.0 Å². The molecule has 0 aliphatic heterocycles. The molecular formula is C15H17NO2. The molecule has 0 saturated carbocycles. The van der Waals surface area contributed by atoms with Crippen LogP contribution in [-0.2, 0) is 16.0 Å². The number of hydrogen-bond donors (Lipinski definition) is 1. The fraction of sp³-hybridized carbons (Fsp3) is 0.267. The predicted octanol–water partition coefficient (Wildman–Crippen LogP) is 2.27. The third kappa shape index (κ3) is 2.87. The van der Waals surface area contributed by atoms with Crippen molar-refractivity contribution in [2.75, 3.05) is 7.11 Å². The topological polar surface area (TPSA) is 52.3 Å². The zero-order valence-corrected chi connectivity index (χ0v) is 10.4. The van der Waals surface area contributed by atoms with Crippen LogP contribution in [0, 0.1) is 0 Å². The van der Waals surface area contributed by atoms with Gasteiger partial charge in [0.25, 0.3) is 0 Å². The maximum atomic E-state index is 11.2. The molecule has 3 nitrogen and oxygen atoms in total. The standard InChI is InChI=1S/C15H17NO2/c1-18-15(17)10-13(16)9-12-7-4-6-11-5-2-3-8-14(11)12/h2-8,13H,9-10,16H2,1H3. The van der Waals surface area contributed by atoms with Crippen LogP contribution < -0.4 is 5.73 Å². The molecule has 0 fully saturated rings. The second-order valence-electron chi connectivity index (χ2n) is 4.38. The lowest BCUT2D eigenvalue weighted by atomic mass is 9.98. The lowest BCUT2D eigenvalue weighted by Crippen LogP contribution is -2.26. The molecule has 94 valence electrons. The summed E-state index contributed by atoms with van der Waals surface area (Å²) in [6, 6.07) is 14.1. The zero-order chi connectivity index (χ0) is 13.0. The summed E-state index contributed by atoms with van der Waals surface area (Å²) in [7, 11) is 1.38. The first-order valence-electron chi connectivity index (χ1n) is 5.99. The Bertz CT molecular complexity index is 546. The predicted molar refractivity (Wildman–Crippen MR) is 72.3 cm³/mol. The van der Waals surface area contributed by atoms with Crippen molar-refractivity contribution in [1.29, 1.82) is 0 Å². The molecule has 0 heterocycles. The quantitative estimate of drug-likeness (QED) is 0.838. The van der Waals surface area contributed by atoms with E-state index in [1.807, 2.05) is 18.2 Å². The van der Waals surface area contributed by atoms with E-state index < -0.39 is 0 Å². The van der Waals surface area contributed by atoms with Crippen LogP contribution in [-0.4, -0.2) is 19.1 Å². The highest BCUT2D eigenvalue weighted by Crippen LogP contribution is 2.19. The third-order valence-electron chi connectivity index (χ3n) is 3.02. The molecule has 2 aromatic rings. The van der Waals surface area contributed by atoms with Crippen LogP contribution in [0.2, 0.25) is 0 Å². The largest absolute Gasteiger partial charge is 0.469 e. The monoisotopic (exact) mass is 243 g/mol. The Hall–Kier alpha value is -1.87. The van der Waals surface area contributed by atoms with E-state index in [0.29, 0.717) is 6.42 Å². The Morgan fingerprint density at radius 3 is 2.72 bits per heavy atom. The van der Waals surface area contributed by atoms with Crippen molar-refractivity contribution in [3.63, 3.8) is 0 Å². The van der Waals surface area contributed by atoms with Crippen molar-refractivity contribution in [1.82, 2.24) is 0 Å². The first-order chi connectivity index (χ1) is 8.70. The minimum absolute atomic E-state index is 0.205. The summed E-state index contributed by atoms with van der Waals surface area (Å²) in [5, 5.41) is 2.39. The maximum Gasteiger partial charge on any atom is 0.307 e. The summed E-state index contributed by atoms with van der Waals surface area (Å²) in [6.07, 6.45) is 0.927. The number of nitrogens with two attached hydrogens (primary N) is 1. The summed E-state index contributed by atoms with van der Waals surface area (Å²) in [4.78, 5) is 11.2. The number of esters is 1. The highest BCUT2D eigenvalue weighted by Gasteiger charge is 2.11. The molecule has 18 heavy (non-hydrogen) atoms. The van der Waals surface area contributed by atoms with E-state index in [9.17, 15) is 4.79 Å². The van der Waals surface area contributed by atoms with Gasteiger partial charge in [-0.1, -0.05) is 42.5 Å². The molecule has 2 N–H and O–H groups in total. The molecule has 0 bridgehead atoms. The molecule has 0 spiro atoms. The van der Waals surface area contributed by atoms with Gasteiger partial charge in [0.1, 0.15) is 0 Å². The van der Waals surface area contributed by atoms with Crippen molar-refractivity contribution in [3.8, 4) is 0 Å². The molecule has 2 rings (SSSR count). The molecule has 0 saturated heterocycles. The van der Waals surface area contributed by atoms with Gasteiger partial charge in [0.2, 0.25) is 0 Å². The number of fused-ring (bicyclic) bond motifs is 1. The average Bonchev–Trinajstić information content (AvgIpc) is 2.39. The molecular weight excluding hydrogens is 226 g/mol. The number of hydrogen-bond acceptors (Lipinski definition) is 3. The highest BCUT2D eigenvalue weighted by molar-refractivity contribution is 5.85. The van der Waals surface area contributed by atoms with Crippen LogP contribution in [0.15, 0.2) is 42.5 Å². The van der Waals surface area contributed by atoms with Crippen LogP contribution in [0.1, 0.15) is 12.0 Å². The van der Waals surface area contributed by atoms with Gasteiger partial charge in [0.05, 0.1) is 13.5 Å². The van der Waals surface area contributed by atoms with Crippen molar-refractivity contribution >= 4 is 16.7 Å². The fourth-order valence-corrected chi connectivity index (χ4v) is 2.12. The number of ether oxygens (including phenoxy) is 1. The molecule has 0 aliphatic rings. The van der Waals surface area contributed by atoms with Gasteiger partial charge in [-0.25, -0.2) is 0 Å². The normalized spacial score (nSPS) is 12.3. The molecule has 0 amide bonds. The first-order valence-corrected chi connectivity index (χ1v) is 5.99. The van der Waals surface area contributed by atoms with Crippen LogP contribution in [0.4, 0.5) is 0 Å². The molecule has 2 aromatic carbocycles. The number of benzene rings is 2. The van der Waals surface area contributed by atoms with Crippen LogP contribution in [0.25, 0.3) is 10.8 Å². The van der Waals surface area contributed by atoms with Crippen molar-refractivity contribution in [2.24, 2.45) is 5.73 Å². The van der Waals surface area contributed by atoms with E-state index in [1.54, 1.807) is 0 Å². The molecule has 1 unspecified atom stereocenters. The molecule has 0 aromatic heterocycles. The van der Waals surface area contributed by atoms with Crippen molar-refractivity contribution in [2.45, 2.75) is 18.9 Å². The molecule has 1 atom stereocenters. The van der Waals surface area contributed by atoms with Gasteiger partial charge < -0.3 is 10.5 Å². The summed E-state index contributed by atoms with van der Waals surface area (Å²) >= 11 is 0. The third-order valence-corrected chi connectivity index (χ3v) is 3.02. The fourth-order valence-electron chi connectivity index (χ4n) is 2.12. The molecule has 3 heteroatoms. The Kier molecular flexibility index (Phi) is 3.95. The second kappa shape index (κ2) is 5.65. The summed E-state index contributed by atoms with van der Waals surface area (Å²) in [5.41, 5.74) is 7.14. The first kappa shape index (κ1) is 12.6. The van der Waals surface area contributed by atoms with E-state index in [2.05, 4.69) is 29.0 Å². The Morgan fingerprint density at radius 2 is 1.94 bits per heavy atom. The second-order valence-corrected chi connectivity index (χ2v) is 4.38. The van der Waals surface area contributed by atoms with E-state index in [1.165, 1.54) is 23.4 Å². The Labute approximate surface area is 107 Å². The minimum Gasteiger partial charge on any atom is -0.469 e. The van der Waals surface area contributed by atoms with E-state index >= 15 is 0 Å². The number of carbonyl (C=O) groups excluding carboxylic acids is 1. The van der Waals surface area contributed by atoms with Gasteiger partial charge in [-0.05, 0) is 22.8 Å². The van der Waals surface area contributed by atoms with Crippen LogP contribution in [0.3, 0.4) is 0 Å². The lowest BCUT2D eigenvalue weighted by molar-refractivity contribution is -0.140. The van der Waals surface area contributed by atoms with Gasteiger partial charge in [-0.2, -0.15) is 0 Å². The Morgan fingerprint density at radius 1 is 1.22 bits per heavy atom. The Balaban J connectivity index is 2.19. The van der Waals surface area contributed by atoms with E-state index in [4.69, 9.17) is 5.73 Å². The van der Waals surface area contributed by atoms with E-state index in [-0.39, 0.29) is 18.4 Å². The number of methoxy groups -OCH3 is 1. The average molecular weight is 243 g/mol. The zero-order valence-electron chi connectivity index (χ0n) is 10.4. The number of carbonyl (C=O) groups is 1. The SMILES string of the molecule is COC(=O)CC(N)Cc1cccc2ccccc12. The van der Waals surface area contributed by atoms with Crippen molar-refractivity contribution < 1.29 is 9.53 Å². The van der Waals surface area contributed by atoms with Gasteiger partial charge in [0.15, 0.2) is 0 Å². The summed E-state index contributed by atoms with van der Waals surface area (Å²) < 4.78 is 4.63. The van der Waals surface area contributed by atoms with Gasteiger partial charge in [0, 0.05) is 6.04 Å². The van der Waals surface area contributed by atoms with E-state index in [0.717, 1.165) is 0 Å². The van der Waals surface area contributed by atoms with Gasteiger partial charge in [-0.3, -0.25) is 4.79 Å². The smallest absolute Gasteiger partial charge is 0.307 e. The highest BCUT2D eigenvalue weighted by atomic mass is 16.5. The van der Waals surface area contributed by atoms with Crippen LogP contribution in [0.5, 0.6) is 0 Å². The number of rotatable bonds is 4. The lowest BCUT2D eigenvalue weighted by Gasteiger charge is -2.12. The summed E-state index contributed by atoms with van der Waals surface area (Å²) in [5.74, 6) is -0.261. The van der Waals surface area contributed by atoms with Gasteiger partial charge in [-0.15, -0.1) is 0 Å². The maximum absolute atomic E-state index is 11.2. The summed E-state index contributed by atoms with van der Waals surface area (Å²) in [6.45, 7) is 0.